The lowest BCUT2D eigenvalue weighted by atomic mass is 10.0. The van der Waals surface area contributed by atoms with Gasteiger partial charge in [0.25, 0.3) is 0 Å². The molecule has 3 aliphatic heterocycles. The lowest BCUT2D eigenvalue weighted by Gasteiger charge is -2.31. The molecule has 69 heavy (non-hydrogen) atoms. The Balaban J connectivity index is 1.39. The predicted octanol–water partition coefficient (Wildman–Crippen LogP) is -3.14. The van der Waals surface area contributed by atoms with E-state index >= 15 is 0 Å². The van der Waals surface area contributed by atoms with E-state index in [-0.39, 0.29) is 64.2 Å². The quantitative estimate of drug-likeness (QED) is 0.0519. The highest BCUT2D eigenvalue weighted by Crippen LogP contribution is 2.23. The van der Waals surface area contributed by atoms with Gasteiger partial charge < -0.3 is 67.7 Å². The summed E-state index contributed by atoms with van der Waals surface area (Å²) >= 11 is 0. The van der Waals surface area contributed by atoms with E-state index in [1.165, 1.54) is 21.6 Å². The highest BCUT2D eigenvalue weighted by atomic mass is 16.4. The lowest BCUT2D eigenvalue weighted by Crippen LogP contribution is -2.60. The molecule has 3 heterocycles. The fourth-order valence-electron chi connectivity index (χ4n) is 8.89. The van der Waals surface area contributed by atoms with Crippen LogP contribution in [0.15, 0.2) is 30.3 Å². The Labute approximate surface area is 401 Å². The summed E-state index contributed by atoms with van der Waals surface area (Å²) in [4.78, 5) is 137. The number of nitrogens with one attached hydrogen (secondary N) is 6. The van der Waals surface area contributed by atoms with Crippen LogP contribution in [0.2, 0.25) is 0 Å². The Kier molecular flexibility index (Phi) is 20.8. The first kappa shape index (κ1) is 55.4. The number of carboxylic acids is 1. The van der Waals surface area contributed by atoms with E-state index in [4.69, 9.17) is 5.73 Å². The Morgan fingerprint density at radius 2 is 1.06 bits per heavy atom. The van der Waals surface area contributed by atoms with Crippen molar-refractivity contribution < 1.29 is 63.3 Å². The van der Waals surface area contributed by atoms with Crippen LogP contribution in [0.25, 0.3) is 0 Å². The van der Waals surface area contributed by atoms with Crippen LogP contribution in [0.3, 0.4) is 0 Å². The first-order valence-corrected chi connectivity index (χ1v) is 23.6. The number of carbonyl (C=O) groups excluding carboxylic acids is 9. The molecule has 0 bridgehead atoms. The first-order valence-electron chi connectivity index (χ1n) is 23.6. The number of aliphatic carboxylic acids is 1. The summed E-state index contributed by atoms with van der Waals surface area (Å²) in [6.07, 6.45) is 2.12. The van der Waals surface area contributed by atoms with Crippen molar-refractivity contribution >= 4 is 59.1 Å². The van der Waals surface area contributed by atoms with Crippen molar-refractivity contribution in [2.75, 3.05) is 39.4 Å². The molecule has 0 aliphatic carbocycles. The van der Waals surface area contributed by atoms with Gasteiger partial charge in [-0.2, -0.15) is 0 Å². The fraction of sp³-hybridized carbons (Fsp3) is 0.652. The van der Waals surface area contributed by atoms with Crippen LogP contribution in [-0.4, -0.2) is 183 Å². The number of carboxylic acid groups (broad SMARTS) is 1. The van der Waals surface area contributed by atoms with E-state index < -0.39 is 133 Å². The van der Waals surface area contributed by atoms with Gasteiger partial charge in [-0.3, -0.25) is 43.2 Å². The van der Waals surface area contributed by atoms with E-state index in [1.54, 1.807) is 44.2 Å². The van der Waals surface area contributed by atoms with Gasteiger partial charge >= 0.3 is 5.97 Å². The third-order valence-corrected chi connectivity index (χ3v) is 12.5. The second-order valence-corrected chi connectivity index (χ2v) is 18.6. The number of carbonyl (C=O) groups is 10. The molecule has 1 aromatic carbocycles. The number of aliphatic hydroxyl groups is 2. The fourth-order valence-corrected chi connectivity index (χ4v) is 8.89. The molecule has 4 rings (SSSR count). The molecule has 0 unspecified atom stereocenters. The van der Waals surface area contributed by atoms with E-state index in [9.17, 15) is 63.3 Å². The Hall–Kier alpha value is -6.20. The van der Waals surface area contributed by atoms with Crippen LogP contribution in [-0.2, 0) is 54.4 Å². The maximum atomic E-state index is 14.3. The minimum absolute atomic E-state index is 0.00790. The van der Waals surface area contributed by atoms with Crippen molar-refractivity contribution in [2.24, 2.45) is 17.6 Å². The number of aliphatic hydroxyl groups excluding tert-OH is 2. The molecule has 0 radical (unpaired) electrons. The third kappa shape index (κ3) is 14.9. The zero-order valence-corrected chi connectivity index (χ0v) is 40.0. The van der Waals surface area contributed by atoms with Crippen LogP contribution in [0.4, 0.5) is 0 Å². The number of amides is 9. The molecule has 0 saturated carbocycles. The lowest BCUT2D eigenvalue weighted by molar-refractivity contribution is -0.146. The van der Waals surface area contributed by atoms with E-state index in [0.717, 1.165) is 0 Å². The minimum Gasteiger partial charge on any atom is -0.480 e. The standard InChI is InChI=1S/C46H70N10O13/c1-25(2)20-29(49-36(59)22-47)38(60)50-30(21-28-12-7-6-8-13-28)44(66)55-18-10-15-34(55)40(62)51-31(23-57)39(61)48-27(5)43(65)54-17-9-14-33(54)41(63)52-32(24-58)45(67)56-19-11-16-35(56)42(64)53-37(26(3)4)46(68)69/h6-8,12-13,25-27,29-35,37,57-58H,9-11,14-24,47H2,1-5H3,(H,48,61)(H,49,59)(H,50,60)(H,51,62)(H,52,63)(H,53,64)(H,68,69)/t27-,29-,30-,31-,32-,33-,34-,35-,37-/m0/s1. The molecular formula is C46H70N10O13. The van der Waals surface area contributed by atoms with Crippen molar-refractivity contribution in [3.63, 3.8) is 0 Å². The van der Waals surface area contributed by atoms with Crippen molar-refractivity contribution in [1.82, 2.24) is 46.6 Å². The van der Waals surface area contributed by atoms with Crippen molar-refractivity contribution in [1.29, 1.82) is 0 Å². The number of hydrogen-bond donors (Lipinski definition) is 10. The smallest absolute Gasteiger partial charge is 0.326 e. The zero-order chi connectivity index (χ0) is 51.1. The summed E-state index contributed by atoms with van der Waals surface area (Å²) < 4.78 is 0. The van der Waals surface area contributed by atoms with E-state index in [1.807, 2.05) is 13.8 Å². The van der Waals surface area contributed by atoms with Crippen LogP contribution >= 0.6 is 0 Å². The largest absolute Gasteiger partial charge is 0.480 e. The molecule has 3 fully saturated rings. The minimum atomic E-state index is -1.57. The number of nitrogens with zero attached hydrogens (tertiary/aromatic N) is 3. The molecule has 11 N–H and O–H groups in total. The SMILES string of the molecule is CC(C)C[C@H](NC(=O)CN)C(=O)N[C@@H](Cc1ccccc1)C(=O)N1CCC[C@H]1C(=O)N[C@@H](CO)C(=O)N[C@@H](C)C(=O)N1CCC[C@H]1C(=O)N[C@@H](CO)C(=O)N1CCC[C@H]1C(=O)N[C@H](C(=O)O)C(C)C. The summed E-state index contributed by atoms with van der Waals surface area (Å²) in [6.45, 7) is 6.61. The Morgan fingerprint density at radius 1 is 0.594 bits per heavy atom. The monoisotopic (exact) mass is 971 g/mol. The number of nitrogens with two attached hydrogens (primary N) is 1. The van der Waals surface area contributed by atoms with Crippen molar-refractivity contribution in [2.45, 2.75) is 140 Å². The molecule has 382 valence electrons. The van der Waals surface area contributed by atoms with Crippen LogP contribution in [0.1, 0.15) is 85.1 Å². The summed E-state index contributed by atoms with van der Waals surface area (Å²) in [7, 11) is 0. The molecule has 3 aliphatic rings. The van der Waals surface area contributed by atoms with Crippen molar-refractivity contribution in [3.05, 3.63) is 35.9 Å². The average molecular weight is 971 g/mol. The van der Waals surface area contributed by atoms with Crippen LogP contribution in [0, 0.1) is 11.8 Å². The maximum absolute atomic E-state index is 14.3. The predicted molar refractivity (Wildman–Crippen MR) is 247 cm³/mol. The van der Waals surface area contributed by atoms with Gasteiger partial charge in [0.05, 0.1) is 19.8 Å². The summed E-state index contributed by atoms with van der Waals surface area (Å²) in [5, 5.41) is 45.3. The molecule has 0 spiro atoms. The number of benzene rings is 1. The number of hydrogen-bond acceptors (Lipinski definition) is 13. The number of rotatable bonds is 23. The van der Waals surface area contributed by atoms with Gasteiger partial charge in [0, 0.05) is 26.1 Å². The Bertz CT molecular complexity index is 2020. The average Bonchev–Trinajstić information content (AvgIpc) is 4.13. The zero-order valence-electron chi connectivity index (χ0n) is 40.0. The normalized spacial score (nSPS) is 20.6. The highest BCUT2D eigenvalue weighted by Gasteiger charge is 2.43. The first-order chi connectivity index (χ1) is 32.7. The van der Waals surface area contributed by atoms with Gasteiger partial charge in [0.15, 0.2) is 0 Å². The van der Waals surface area contributed by atoms with E-state index in [2.05, 4.69) is 31.9 Å². The molecule has 23 nitrogen and oxygen atoms in total. The van der Waals surface area contributed by atoms with Crippen molar-refractivity contribution in [3.8, 4) is 0 Å². The van der Waals surface area contributed by atoms with Gasteiger partial charge in [-0.05, 0) is 69.3 Å². The molecule has 1 aromatic rings. The number of likely N-dealkylation sites (tertiary alicyclic amines) is 3. The topological polar surface area (TPSA) is 339 Å². The summed E-state index contributed by atoms with van der Waals surface area (Å²) in [6, 6.07) is -2.05. The summed E-state index contributed by atoms with van der Waals surface area (Å²) in [5.74, 6) is -8.04. The third-order valence-electron chi connectivity index (χ3n) is 12.5. The van der Waals surface area contributed by atoms with Gasteiger partial charge in [-0.15, -0.1) is 0 Å². The van der Waals surface area contributed by atoms with Crippen LogP contribution in [0.5, 0.6) is 0 Å². The van der Waals surface area contributed by atoms with Gasteiger partial charge in [-0.1, -0.05) is 58.0 Å². The van der Waals surface area contributed by atoms with Gasteiger partial charge in [-0.25, -0.2) is 4.79 Å². The molecular weight excluding hydrogens is 901 g/mol. The molecule has 9 amide bonds. The maximum Gasteiger partial charge on any atom is 0.326 e. The highest BCUT2D eigenvalue weighted by molar-refractivity contribution is 5.99. The summed E-state index contributed by atoms with van der Waals surface area (Å²) in [5.41, 5.74) is 6.20. The molecule has 9 atom stereocenters. The second kappa shape index (κ2) is 26.0. The molecule has 23 heteroatoms. The van der Waals surface area contributed by atoms with Gasteiger partial charge in [0.1, 0.15) is 54.4 Å². The van der Waals surface area contributed by atoms with E-state index in [0.29, 0.717) is 24.8 Å². The molecule has 0 aromatic heterocycles. The Morgan fingerprint density at radius 3 is 1.52 bits per heavy atom. The molecule has 3 saturated heterocycles. The van der Waals surface area contributed by atoms with Crippen LogP contribution < -0.4 is 37.6 Å². The van der Waals surface area contributed by atoms with Gasteiger partial charge in [0.2, 0.25) is 53.2 Å². The second-order valence-electron chi connectivity index (χ2n) is 18.6.